The minimum absolute atomic E-state index is 0.152. The molecule has 1 heterocycles. The Bertz CT molecular complexity index is 464. The van der Waals surface area contributed by atoms with Gasteiger partial charge in [0, 0.05) is 23.5 Å². The molecule has 4 nitrogen and oxygen atoms in total. The second kappa shape index (κ2) is 7.80. The van der Waals surface area contributed by atoms with Gasteiger partial charge in [0.1, 0.15) is 12.4 Å². The quantitative estimate of drug-likeness (QED) is 0.883. The largest absolute Gasteiger partial charge is 0.492 e. The van der Waals surface area contributed by atoms with Crippen molar-refractivity contribution in [1.29, 1.82) is 0 Å². The average molecular weight is 355 g/mol. The fraction of sp³-hybridized carbons (Fsp3) is 0.562. The summed E-state index contributed by atoms with van der Waals surface area (Å²) in [5.74, 6) is 1.22. The summed E-state index contributed by atoms with van der Waals surface area (Å²) in [6, 6.07) is 8.15. The third-order valence-corrected chi connectivity index (χ3v) is 4.39. The molecule has 21 heavy (non-hydrogen) atoms. The van der Waals surface area contributed by atoms with Crippen molar-refractivity contribution in [3.05, 3.63) is 28.7 Å². The smallest absolute Gasteiger partial charge is 0.225 e. The highest BCUT2D eigenvalue weighted by molar-refractivity contribution is 9.10. The van der Waals surface area contributed by atoms with Crippen molar-refractivity contribution in [2.24, 2.45) is 5.92 Å². The molecule has 1 aliphatic rings. The highest BCUT2D eigenvalue weighted by Gasteiger charge is 2.26. The Kier molecular flexibility index (Phi) is 6.06. The van der Waals surface area contributed by atoms with E-state index in [0.717, 1.165) is 29.6 Å². The van der Waals surface area contributed by atoms with Gasteiger partial charge in [-0.05, 0) is 50.6 Å². The van der Waals surface area contributed by atoms with Crippen molar-refractivity contribution in [3.63, 3.8) is 0 Å². The molecule has 1 aromatic carbocycles. The Hall–Kier alpha value is -1.07. The minimum atomic E-state index is 0.152. The SMILES string of the molecule is CC1CC(C(=O)N(C)CCOc2ccc(Br)cc2)CCN1. The molecule has 0 radical (unpaired) electrons. The Morgan fingerprint density at radius 1 is 1.43 bits per heavy atom. The first-order chi connectivity index (χ1) is 10.1. The van der Waals surface area contributed by atoms with Crippen LogP contribution < -0.4 is 10.1 Å². The van der Waals surface area contributed by atoms with Crippen molar-refractivity contribution in [2.75, 3.05) is 26.7 Å². The molecule has 5 heteroatoms. The molecule has 0 bridgehead atoms. The van der Waals surface area contributed by atoms with Crippen molar-refractivity contribution in [2.45, 2.75) is 25.8 Å². The van der Waals surface area contributed by atoms with Crippen LogP contribution >= 0.6 is 15.9 Å². The molecular formula is C16H23BrN2O2. The predicted molar refractivity (Wildman–Crippen MR) is 87.5 cm³/mol. The van der Waals surface area contributed by atoms with Gasteiger partial charge >= 0.3 is 0 Å². The number of hydrogen-bond donors (Lipinski definition) is 1. The molecular weight excluding hydrogens is 332 g/mol. The van der Waals surface area contributed by atoms with E-state index >= 15 is 0 Å². The lowest BCUT2D eigenvalue weighted by molar-refractivity contribution is -0.135. The number of hydrogen-bond acceptors (Lipinski definition) is 3. The fourth-order valence-corrected chi connectivity index (χ4v) is 2.87. The van der Waals surface area contributed by atoms with E-state index in [2.05, 4.69) is 28.2 Å². The van der Waals surface area contributed by atoms with E-state index < -0.39 is 0 Å². The lowest BCUT2D eigenvalue weighted by atomic mass is 9.92. The molecule has 0 saturated carbocycles. The van der Waals surface area contributed by atoms with Crippen molar-refractivity contribution in [3.8, 4) is 5.75 Å². The van der Waals surface area contributed by atoms with Crippen LogP contribution in [0.3, 0.4) is 0 Å². The lowest BCUT2D eigenvalue weighted by Crippen LogP contribution is -2.43. The predicted octanol–water partition coefficient (Wildman–Crippen LogP) is 2.67. The van der Waals surface area contributed by atoms with Gasteiger partial charge in [-0.2, -0.15) is 0 Å². The van der Waals surface area contributed by atoms with Gasteiger partial charge < -0.3 is 15.0 Å². The summed E-state index contributed by atoms with van der Waals surface area (Å²) in [4.78, 5) is 14.2. The number of amides is 1. The van der Waals surface area contributed by atoms with E-state index in [1.807, 2.05) is 31.3 Å². The molecule has 0 aliphatic carbocycles. The van der Waals surface area contributed by atoms with Crippen LogP contribution in [0.5, 0.6) is 5.75 Å². The van der Waals surface area contributed by atoms with Crippen molar-refractivity contribution >= 4 is 21.8 Å². The second-order valence-electron chi connectivity index (χ2n) is 5.64. The molecule has 1 aromatic rings. The third kappa shape index (κ3) is 5.00. The van der Waals surface area contributed by atoms with Gasteiger partial charge in [-0.3, -0.25) is 4.79 Å². The van der Waals surface area contributed by atoms with E-state index in [0.29, 0.717) is 19.2 Å². The van der Waals surface area contributed by atoms with E-state index in [-0.39, 0.29) is 11.8 Å². The van der Waals surface area contributed by atoms with Crippen LogP contribution in [0, 0.1) is 5.92 Å². The Balaban J connectivity index is 1.74. The summed E-state index contributed by atoms with van der Waals surface area (Å²) in [6.07, 6.45) is 1.86. The molecule has 0 aromatic heterocycles. The first kappa shape index (κ1) is 16.3. The van der Waals surface area contributed by atoms with Gasteiger partial charge in [0.15, 0.2) is 0 Å². The standard InChI is InChI=1S/C16H23BrN2O2/c1-12-11-13(7-8-18-12)16(20)19(2)9-10-21-15-5-3-14(17)4-6-15/h3-6,12-13,18H,7-11H2,1-2H3. The number of rotatable bonds is 5. The van der Waals surface area contributed by atoms with Crippen LogP contribution in [0.25, 0.3) is 0 Å². The third-order valence-electron chi connectivity index (χ3n) is 3.86. The summed E-state index contributed by atoms with van der Waals surface area (Å²) in [5, 5.41) is 3.38. The number of piperidine rings is 1. The first-order valence-electron chi connectivity index (χ1n) is 7.43. The topological polar surface area (TPSA) is 41.6 Å². The number of nitrogens with one attached hydrogen (secondary N) is 1. The zero-order valence-corrected chi connectivity index (χ0v) is 14.2. The average Bonchev–Trinajstić information content (AvgIpc) is 2.48. The van der Waals surface area contributed by atoms with E-state index in [9.17, 15) is 4.79 Å². The summed E-state index contributed by atoms with van der Waals surface area (Å²) in [5.41, 5.74) is 0. The Labute approximate surface area is 135 Å². The Morgan fingerprint density at radius 2 is 2.14 bits per heavy atom. The first-order valence-corrected chi connectivity index (χ1v) is 8.22. The molecule has 1 saturated heterocycles. The van der Waals surface area contributed by atoms with Gasteiger partial charge in [0.25, 0.3) is 0 Å². The molecule has 116 valence electrons. The van der Waals surface area contributed by atoms with Gasteiger partial charge in [-0.25, -0.2) is 0 Å². The molecule has 1 fully saturated rings. The van der Waals surface area contributed by atoms with E-state index in [1.165, 1.54) is 0 Å². The minimum Gasteiger partial charge on any atom is -0.492 e. The maximum Gasteiger partial charge on any atom is 0.225 e. The molecule has 1 aliphatic heterocycles. The monoisotopic (exact) mass is 354 g/mol. The maximum absolute atomic E-state index is 12.4. The van der Waals surface area contributed by atoms with Crippen molar-refractivity contribution in [1.82, 2.24) is 10.2 Å². The molecule has 2 atom stereocenters. The molecule has 1 N–H and O–H groups in total. The number of nitrogens with zero attached hydrogens (tertiary/aromatic N) is 1. The highest BCUT2D eigenvalue weighted by atomic mass is 79.9. The maximum atomic E-state index is 12.4. The summed E-state index contributed by atoms with van der Waals surface area (Å²) in [6.45, 7) is 4.20. The van der Waals surface area contributed by atoms with Crippen LogP contribution in [0.1, 0.15) is 19.8 Å². The van der Waals surface area contributed by atoms with Crippen LogP contribution in [-0.2, 0) is 4.79 Å². The summed E-state index contributed by atoms with van der Waals surface area (Å²) < 4.78 is 6.69. The van der Waals surface area contributed by atoms with Gasteiger partial charge in [0.05, 0.1) is 6.54 Å². The van der Waals surface area contributed by atoms with Crippen molar-refractivity contribution < 1.29 is 9.53 Å². The van der Waals surface area contributed by atoms with E-state index in [1.54, 1.807) is 4.90 Å². The number of carbonyl (C=O) groups excluding carboxylic acids is 1. The number of carbonyl (C=O) groups is 1. The zero-order chi connectivity index (χ0) is 15.2. The van der Waals surface area contributed by atoms with Gasteiger partial charge in [0.2, 0.25) is 5.91 Å². The zero-order valence-electron chi connectivity index (χ0n) is 12.6. The van der Waals surface area contributed by atoms with E-state index in [4.69, 9.17) is 4.74 Å². The second-order valence-corrected chi connectivity index (χ2v) is 6.55. The van der Waals surface area contributed by atoms with Crippen LogP contribution in [0.4, 0.5) is 0 Å². The van der Waals surface area contributed by atoms with Crippen LogP contribution in [0.2, 0.25) is 0 Å². The molecule has 1 amide bonds. The highest BCUT2D eigenvalue weighted by Crippen LogP contribution is 2.19. The Morgan fingerprint density at radius 3 is 2.81 bits per heavy atom. The lowest BCUT2D eigenvalue weighted by Gasteiger charge is -2.30. The van der Waals surface area contributed by atoms with Gasteiger partial charge in [-0.15, -0.1) is 0 Å². The van der Waals surface area contributed by atoms with Crippen LogP contribution in [0.15, 0.2) is 28.7 Å². The normalized spacial score (nSPS) is 21.9. The number of benzene rings is 1. The fourth-order valence-electron chi connectivity index (χ4n) is 2.61. The molecule has 2 rings (SSSR count). The number of ether oxygens (including phenoxy) is 1. The van der Waals surface area contributed by atoms with Gasteiger partial charge in [-0.1, -0.05) is 15.9 Å². The molecule has 0 spiro atoms. The summed E-state index contributed by atoms with van der Waals surface area (Å²) in [7, 11) is 1.86. The number of likely N-dealkylation sites (N-methyl/N-ethyl adjacent to an activating group) is 1. The summed E-state index contributed by atoms with van der Waals surface area (Å²) >= 11 is 3.39. The van der Waals surface area contributed by atoms with Crippen LogP contribution in [-0.4, -0.2) is 43.6 Å². The number of halogens is 1. The molecule has 2 unspecified atom stereocenters.